The van der Waals surface area contributed by atoms with E-state index in [0.29, 0.717) is 0 Å². The first-order valence-corrected chi connectivity index (χ1v) is 8.34. The number of thiocarbonyl (C=S) groups is 1. The van der Waals surface area contributed by atoms with Crippen LogP contribution in [0.2, 0.25) is 0 Å². The number of ether oxygens (including phenoxy) is 1. The van der Waals surface area contributed by atoms with E-state index in [9.17, 15) is 0 Å². The highest BCUT2D eigenvalue weighted by Crippen LogP contribution is 2.45. The van der Waals surface area contributed by atoms with Crippen molar-refractivity contribution in [1.29, 1.82) is 0 Å². The van der Waals surface area contributed by atoms with Gasteiger partial charge in [0.15, 0.2) is 10.8 Å². The zero-order valence-electron chi connectivity index (χ0n) is 13.6. The molecule has 3 nitrogen and oxygen atoms in total. The zero-order chi connectivity index (χ0) is 16.2. The second kappa shape index (κ2) is 4.96. The highest BCUT2D eigenvalue weighted by Gasteiger charge is 2.48. The first kappa shape index (κ1) is 14.5. The van der Waals surface area contributed by atoms with E-state index < -0.39 is 5.72 Å². The maximum atomic E-state index is 6.41. The Labute approximate surface area is 142 Å². The third kappa shape index (κ3) is 2.29. The Bertz CT molecular complexity index is 783. The minimum absolute atomic E-state index is 0.208. The van der Waals surface area contributed by atoms with Gasteiger partial charge in [-0.05, 0) is 62.3 Å². The lowest BCUT2D eigenvalue weighted by Gasteiger charge is -2.52. The molecule has 2 bridgehead atoms. The van der Waals surface area contributed by atoms with Crippen LogP contribution in [0.4, 0.5) is 5.69 Å². The van der Waals surface area contributed by atoms with E-state index in [1.54, 1.807) is 0 Å². The molecule has 0 aromatic heterocycles. The van der Waals surface area contributed by atoms with E-state index in [-0.39, 0.29) is 6.04 Å². The summed E-state index contributed by atoms with van der Waals surface area (Å²) in [5.74, 6) is 0.940. The normalized spacial score (nSPS) is 25.4. The summed E-state index contributed by atoms with van der Waals surface area (Å²) in [6, 6.07) is 14.9. The lowest BCUT2D eigenvalue weighted by Crippen LogP contribution is -2.65. The average molecular weight is 324 g/mol. The second-order valence-corrected chi connectivity index (χ2v) is 7.09. The first-order chi connectivity index (χ1) is 11.0. The van der Waals surface area contributed by atoms with Gasteiger partial charge in [0.1, 0.15) is 5.75 Å². The summed E-state index contributed by atoms with van der Waals surface area (Å²) < 4.78 is 6.41. The van der Waals surface area contributed by atoms with E-state index in [1.807, 2.05) is 18.2 Å². The highest BCUT2D eigenvalue weighted by molar-refractivity contribution is 7.80. The fourth-order valence-corrected chi connectivity index (χ4v) is 4.23. The molecule has 2 aromatic carbocycles. The summed E-state index contributed by atoms with van der Waals surface area (Å²) in [5, 5.41) is 4.22. The number of fused-ring (bicyclic) bond motifs is 4. The molecule has 23 heavy (non-hydrogen) atoms. The van der Waals surface area contributed by atoms with Crippen molar-refractivity contribution >= 4 is 23.0 Å². The zero-order valence-corrected chi connectivity index (χ0v) is 14.4. The van der Waals surface area contributed by atoms with E-state index in [4.69, 9.17) is 17.0 Å². The number of rotatable bonds is 1. The molecule has 118 valence electrons. The molecule has 2 aliphatic heterocycles. The lowest BCUT2D eigenvalue weighted by atomic mass is 9.90. The van der Waals surface area contributed by atoms with Crippen LogP contribution in [0.25, 0.3) is 0 Å². The number of aryl methyl sites for hydroxylation is 2. The topological polar surface area (TPSA) is 24.5 Å². The Morgan fingerprint density at radius 2 is 1.87 bits per heavy atom. The maximum absolute atomic E-state index is 6.41. The largest absolute Gasteiger partial charge is 0.467 e. The summed E-state index contributed by atoms with van der Waals surface area (Å²) in [6.45, 7) is 6.35. The summed E-state index contributed by atoms with van der Waals surface area (Å²) >= 11 is 5.69. The molecule has 0 spiro atoms. The number of hydrogen-bond acceptors (Lipinski definition) is 2. The molecule has 4 heteroatoms. The van der Waals surface area contributed by atoms with Gasteiger partial charge >= 0.3 is 0 Å². The molecular weight excluding hydrogens is 304 g/mol. The molecule has 2 atom stereocenters. The first-order valence-electron chi connectivity index (χ1n) is 7.93. The van der Waals surface area contributed by atoms with Gasteiger partial charge in [0, 0.05) is 17.7 Å². The van der Waals surface area contributed by atoms with E-state index in [2.05, 4.69) is 55.3 Å². The molecule has 1 fully saturated rings. The van der Waals surface area contributed by atoms with Gasteiger partial charge in [0.05, 0.1) is 6.04 Å². The van der Waals surface area contributed by atoms with E-state index in [1.165, 1.54) is 16.7 Å². The Balaban J connectivity index is 1.82. The van der Waals surface area contributed by atoms with Crippen LogP contribution in [-0.4, -0.2) is 10.8 Å². The van der Waals surface area contributed by atoms with Crippen molar-refractivity contribution in [3.63, 3.8) is 0 Å². The number of benzene rings is 2. The smallest absolute Gasteiger partial charge is 0.188 e. The molecule has 0 radical (unpaired) electrons. The van der Waals surface area contributed by atoms with Gasteiger partial charge in [0.25, 0.3) is 0 Å². The number of hydrogen-bond donors (Lipinski definition) is 1. The molecular formula is C19H20N2OS. The van der Waals surface area contributed by atoms with Gasteiger partial charge in [-0.1, -0.05) is 24.3 Å². The molecule has 4 rings (SSSR count). The van der Waals surface area contributed by atoms with Gasteiger partial charge in [-0.15, -0.1) is 0 Å². The van der Waals surface area contributed by atoms with Crippen molar-refractivity contribution in [3.8, 4) is 5.75 Å². The van der Waals surface area contributed by atoms with Gasteiger partial charge in [-0.3, -0.25) is 4.90 Å². The van der Waals surface area contributed by atoms with Crippen molar-refractivity contribution in [3.05, 3.63) is 59.2 Å². The fraction of sp³-hybridized carbons (Fsp3) is 0.316. The van der Waals surface area contributed by atoms with Crippen molar-refractivity contribution < 1.29 is 4.74 Å². The Kier molecular flexibility index (Phi) is 3.13. The predicted molar refractivity (Wildman–Crippen MR) is 97.0 cm³/mol. The van der Waals surface area contributed by atoms with Crippen LogP contribution in [0.15, 0.2) is 42.5 Å². The molecule has 2 aliphatic rings. The molecule has 2 heterocycles. The van der Waals surface area contributed by atoms with Crippen molar-refractivity contribution in [2.24, 2.45) is 0 Å². The number of nitrogens with zero attached hydrogens (tertiary/aromatic N) is 1. The van der Waals surface area contributed by atoms with Crippen LogP contribution in [0.3, 0.4) is 0 Å². The third-order valence-corrected chi connectivity index (χ3v) is 4.95. The number of anilines is 1. The third-order valence-electron chi connectivity index (χ3n) is 4.65. The number of nitrogens with one attached hydrogen (secondary N) is 1. The SMILES string of the molecule is Cc1cc(C)cc(N2C(=S)N[C@H]3C[C@@]2(C)Oc2ccccc23)c1. The van der Waals surface area contributed by atoms with Crippen molar-refractivity contribution in [2.75, 3.05) is 4.90 Å². The molecule has 0 unspecified atom stereocenters. The maximum Gasteiger partial charge on any atom is 0.188 e. The summed E-state index contributed by atoms with van der Waals surface area (Å²) in [5.41, 5.74) is 4.25. The van der Waals surface area contributed by atoms with Crippen molar-refractivity contribution in [2.45, 2.75) is 39.0 Å². The molecule has 0 aliphatic carbocycles. The molecule has 1 saturated heterocycles. The van der Waals surface area contributed by atoms with Gasteiger partial charge in [-0.25, -0.2) is 0 Å². The quantitative estimate of drug-likeness (QED) is 0.793. The Morgan fingerprint density at radius 3 is 2.61 bits per heavy atom. The molecule has 0 saturated carbocycles. The van der Waals surface area contributed by atoms with E-state index >= 15 is 0 Å². The van der Waals surface area contributed by atoms with Gasteiger partial charge in [0.2, 0.25) is 0 Å². The summed E-state index contributed by atoms with van der Waals surface area (Å²) in [7, 11) is 0. The molecule has 2 aromatic rings. The van der Waals surface area contributed by atoms with Crippen LogP contribution in [0.1, 0.15) is 36.1 Å². The van der Waals surface area contributed by atoms with Crippen LogP contribution < -0.4 is 15.0 Å². The van der Waals surface area contributed by atoms with Crippen LogP contribution >= 0.6 is 12.2 Å². The minimum atomic E-state index is -0.471. The summed E-state index contributed by atoms with van der Waals surface area (Å²) in [4.78, 5) is 2.12. The predicted octanol–water partition coefficient (Wildman–Crippen LogP) is 4.24. The van der Waals surface area contributed by atoms with E-state index in [0.717, 1.165) is 23.0 Å². The number of para-hydroxylation sites is 1. The van der Waals surface area contributed by atoms with Crippen molar-refractivity contribution in [1.82, 2.24) is 5.32 Å². The second-order valence-electron chi connectivity index (χ2n) is 6.70. The van der Waals surface area contributed by atoms with Crippen LogP contribution in [0, 0.1) is 13.8 Å². The average Bonchev–Trinajstić information content (AvgIpc) is 2.45. The van der Waals surface area contributed by atoms with Crippen LogP contribution in [-0.2, 0) is 0 Å². The van der Waals surface area contributed by atoms with Gasteiger partial charge in [-0.2, -0.15) is 0 Å². The Morgan fingerprint density at radius 1 is 1.17 bits per heavy atom. The van der Waals surface area contributed by atoms with Crippen LogP contribution in [0.5, 0.6) is 5.75 Å². The molecule has 0 amide bonds. The fourth-order valence-electron chi connectivity index (χ4n) is 3.79. The lowest BCUT2D eigenvalue weighted by molar-refractivity contribution is 0.0498. The highest BCUT2D eigenvalue weighted by atomic mass is 32.1. The standard InChI is InChI=1S/C19H20N2OS/c1-12-8-13(2)10-14(9-12)21-18(23)20-16-11-19(21,3)22-17-7-5-4-6-15(16)17/h4-10,16H,11H2,1-3H3,(H,20,23)/t16-,19+/m0/s1. The summed E-state index contributed by atoms with van der Waals surface area (Å²) in [6.07, 6.45) is 0.858. The Hall–Kier alpha value is -2.07. The monoisotopic (exact) mass is 324 g/mol. The molecule has 1 N–H and O–H groups in total. The minimum Gasteiger partial charge on any atom is -0.467 e. The van der Waals surface area contributed by atoms with Gasteiger partial charge < -0.3 is 10.1 Å².